The topological polar surface area (TPSA) is 105 Å². The van der Waals surface area contributed by atoms with E-state index < -0.39 is 17.9 Å². The largest absolute Gasteiger partial charge is 0.478 e. The molecule has 120 valence electrons. The number of nitrogens with one attached hydrogen (secondary N) is 1. The SMILES string of the molecule is CC1=C(C(=O)O)C(C2=C(C)C(C)COO2)C(C(=O)O)=C(C)N1. The van der Waals surface area contributed by atoms with Gasteiger partial charge in [0.15, 0.2) is 5.76 Å². The number of allylic oxidation sites excluding steroid dienone is 3. The Hall–Kier alpha value is -2.28. The number of dihydropyridines is 1. The lowest BCUT2D eigenvalue weighted by molar-refractivity contribution is -0.282. The van der Waals surface area contributed by atoms with Gasteiger partial charge in [-0.3, -0.25) is 0 Å². The van der Waals surface area contributed by atoms with E-state index in [1.54, 1.807) is 20.8 Å². The van der Waals surface area contributed by atoms with Crippen molar-refractivity contribution in [1.29, 1.82) is 0 Å². The highest BCUT2D eigenvalue weighted by Gasteiger charge is 2.41. The molecule has 2 rings (SSSR count). The fourth-order valence-corrected chi connectivity index (χ4v) is 2.73. The lowest BCUT2D eigenvalue weighted by Gasteiger charge is -2.33. The van der Waals surface area contributed by atoms with Gasteiger partial charge in [-0.15, -0.1) is 0 Å². The Labute approximate surface area is 127 Å². The standard InChI is InChI=1S/C15H19NO6/c1-6-5-21-22-13(7(6)2)12-10(14(17)18)8(3)16-9(4)11(12)15(19)20/h6,12,16H,5H2,1-4H3,(H,17,18)(H,19,20). The minimum Gasteiger partial charge on any atom is -0.478 e. The molecule has 2 aliphatic rings. The number of hydrogen-bond donors (Lipinski definition) is 3. The third-order valence-electron chi connectivity index (χ3n) is 4.08. The highest BCUT2D eigenvalue weighted by molar-refractivity contribution is 5.97. The third-order valence-corrected chi connectivity index (χ3v) is 4.08. The Morgan fingerprint density at radius 3 is 2.05 bits per heavy atom. The van der Waals surface area contributed by atoms with Gasteiger partial charge in [0.25, 0.3) is 0 Å². The lowest BCUT2D eigenvalue weighted by atomic mass is 9.81. The van der Waals surface area contributed by atoms with E-state index in [1.807, 2.05) is 6.92 Å². The van der Waals surface area contributed by atoms with Crippen molar-refractivity contribution < 1.29 is 29.6 Å². The lowest BCUT2D eigenvalue weighted by Crippen LogP contribution is -2.35. The van der Waals surface area contributed by atoms with Gasteiger partial charge in [0.05, 0.1) is 17.1 Å². The quantitative estimate of drug-likeness (QED) is 0.683. The molecule has 1 atom stereocenters. The van der Waals surface area contributed by atoms with E-state index in [2.05, 4.69) is 5.32 Å². The summed E-state index contributed by atoms with van der Waals surface area (Å²) in [7, 11) is 0. The van der Waals surface area contributed by atoms with E-state index >= 15 is 0 Å². The Bertz CT molecular complexity index is 592. The molecule has 0 bridgehead atoms. The van der Waals surface area contributed by atoms with Crippen molar-refractivity contribution >= 4 is 11.9 Å². The maximum Gasteiger partial charge on any atom is 0.334 e. The zero-order chi connectivity index (χ0) is 16.6. The summed E-state index contributed by atoms with van der Waals surface area (Å²) in [6.45, 7) is 7.25. The van der Waals surface area contributed by atoms with Crippen molar-refractivity contribution in [2.75, 3.05) is 6.61 Å². The maximum absolute atomic E-state index is 11.6. The molecular weight excluding hydrogens is 290 g/mol. The first kappa shape index (κ1) is 16.1. The fourth-order valence-electron chi connectivity index (χ4n) is 2.73. The zero-order valence-corrected chi connectivity index (χ0v) is 12.9. The summed E-state index contributed by atoms with van der Waals surface area (Å²) < 4.78 is 0. The zero-order valence-electron chi connectivity index (χ0n) is 12.9. The third kappa shape index (κ3) is 2.59. The maximum atomic E-state index is 11.6. The van der Waals surface area contributed by atoms with E-state index in [4.69, 9.17) is 9.78 Å². The number of carboxylic acids is 2. The molecular formula is C15H19NO6. The van der Waals surface area contributed by atoms with Crippen LogP contribution in [0.5, 0.6) is 0 Å². The minimum atomic E-state index is -1.19. The predicted octanol–water partition coefficient (Wildman–Crippen LogP) is 1.79. The molecule has 0 fully saturated rings. The van der Waals surface area contributed by atoms with Crippen LogP contribution in [0.4, 0.5) is 0 Å². The predicted molar refractivity (Wildman–Crippen MR) is 76.2 cm³/mol. The highest BCUT2D eigenvalue weighted by Crippen LogP contribution is 2.40. The van der Waals surface area contributed by atoms with Crippen LogP contribution in [0.3, 0.4) is 0 Å². The molecule has 0 spiro atoms. The van der Waals surface area contributed by atoms with E-state index in [-0.39, 0.29) is 22.8 Å². The van der Waals surface area contributed by atoms with Crippen LogP contribution in [0.2, 0.25) is 0 Å². The second-order valence-corrected chi connectivity index (χ2v) is 5.56. The van der Waals surface area contributed by atoms with Crippen LogP contribution in [-0.4, -0.2) is 28.8 Å². The smallest absolute Gasteiger partial charge is 0.334 e. The minimum absolute atomic E-state index is 0.0179. The van der Waals surface area contributed by atoms with Gasteiger partial charge in [0.2, 0.25) is 0 Å². The van der Waals surface area contributed by atoms with E-state index in [0.29, 0.717) is 18.0 Å². The Morgan fingerprint density at radius 2 is 1.59 bits per heavy atom. The van der Waals surface area contributed by atoms with E-state index in [0.717, 1.165) is 5.57 Å². The first-order valence-electron chi connectivity index (χ1n) is 6.91. The summed E-state index contributed by atoms with van der Waals surface area (Å²) in [5, 5.41) is 21.8. The first-order valence-corrected chi connectivity index (χ1v) is 6.91. The summed E-state index contributed by atoms with van der Waals surface area (Å²) in [5.74, 6) is -3.12. The van der Waals surface area contributed by atoms with Gasteiger partial charge in [-0.25, -0.2) is 9.59 Å². The van der Waals surface area contributed by atoms with Crippen LogP contribution in [0.1, 0.15) is 27.7 Å². The van der Waals surface area contributed by atoms with Crippen molar-refractivity contribution in [2.24, 2.45) is 11.8 Å². The summed E-state index contributed by atoms with van der Waals surface area (Å²) in [6, 6.07) is 0. The van der Waals surface area contributed by atoms with Crippen molar-refractivity contribution in [3.8, 4) is 0 Å². The average Bonchev–Trinajstić information content (AvgIpc) is 2.39. The van der Waals surface area contributed by atoms with Crippen molar-refractivity contribution in [3.63, 3.8) is 0 Å². The Morgan fingerprint density at radius 1 is 1.09 bits per heavy atom. The molecule has 0 saturated heterocycles. The molecule has 0 radical (unpaired) electrons. The van der Waals surface area contributed by atoms with Crippen LogP contribution in [0.25, 0.3) is 0 Å². The number of carbonyl (C=O) groups is 2. The van der Waals surface area contributed by atoms with Crippen molar-refractivity contribution in [2.45, 2.75) is 27.7 Å². The molecule has 3 N–H and O–H groups in total. The Kier molecular flexibility index (Phi) is 4.27. The molecule has 2 heterocycles. The summed E-state index contributed by atoms with van der Waals surface area (Å²) in [4.78, 5) is 33.5. The van der Waals surface area contributed by atoms with Gasteiger partial charge < -0.3 is 20.4 Å². The first-order chi connectivity index (χ1) is 10.3. The van der Waals surface area contributed by atoms with Crippen LogP contribution in [0, 0.1) is 11.8 Å². The molecule has 0 aromatic carbocycles. The van der Waals surface area contributed by atoms with Gasteiger partial charge in [0.1, 0.15) is 6.61 Å². The van der Waals surface area contributed by atoms with Crippen molar-refractivity contribution in [3.05, 3.63) is 33.9 Å². The Balaban J connectivity index is 2.68. The molecule has 7 heteroatoms. The summed E-state index contributed by atoms with van der Waals surface area (Å²) in [6.07, 6.45) is 0. The van der Waals surface area contributed by atoms with Crippen LogP contribution in [0.15, 0.2) is 33.9 Å². The molecule has 0 aromatic heterocycles. The molecule has 0 aromatic rings. The van der Waals surface area contributed by atoms with Crippen molar-refractivity contribution in [1.82, 2.24) is 5.32 Å². The number of hydrogen-bond acceptors (Lipinski definition) is 5. The fraction of sp³-hybridized carbons (Fsp3) is 0.467. The molecule has 0 amide bonds. The summed E-state index contributed by atoms with van der Waals surface area (Å²) >= 11 is 0. The van der Waals surface area contributed by atoms with Gasteiger partial charge >= 0.3 is 11.9 Å². The second-order valence-electron chi connectivity index (χ2n) is 5.56. The number of carboxylic acid groups (broad SMARTS) is 2. The second kappa shape index (κ2) is 5.84. The molecule has 22 heavy (non-hydrogen) atoms. The van der Waals surface area contributed by atoms with Gasteiger partial charge in [-0.2, -0.15) is 4.89 Å². The normalized spacial score (nSPS) is 23.4. The number of rotatable bonds is 3. The number of aliphatic carboxylic acids is 2. The van der Waals surface area contributed by atoms with E-state index in [1.165, 1.54) is 0 Å². The van der Waals surface area contributed by atoms with Gasteiger partial charge in [-0.05, 0) is 26.3 Å². The highest BCUT2D eigenvalue weighted by atomic mass is 17.2. The van der Waals surface area contributed by atoms with Crippen LogP contribution >= 0.6 is 0 Å². The molecule has 7 nitrogen and oxygen atoms in total. The van der Waals surface area contributed by atoms with E-state index in [9.17, 15) is 19.8 Å². The molecule has 1 unspecified atom stereocenters. The monoisotopic (exact) mass is 309 g/mol. The molecule has 0 saturated carbocycles. The average molecular weight is 309 g/mol. The summed E-state index contributed by atoms with van der Waals surface area (Å²) in [5.41, 5.74) is 1.48. The van der Waals surface area contributed by atoms with Crippen LogP contribution in [-0.2, 0) is 19.4 Å². The molecule has 0 aliphatic carbocycles. The van der Waals surface area contributed by atoms with Gasteiger partial charge in [-0.1, -0.05) is 6.92 Å². The molecule has 2 aliphatic heterocycles. The van der Waals surface area contributed by atoms with Gasteiger partial charge in [0, 0.05) is 17.3 Å². The van der Waals surface area contributed by atoms with Crippen LogP contribution < -0.4 is 5.32 Å².